The van der Waals surface area contributed by atoms with Gasteiger partial charge in [0.2, 0.25) is 0 Å². The summed E-state index contributed by atoms with van der Waals surface area (Å²) in [5.74, 6) is 0. The van der Waals surface area contributed by atoms with Crippen LogP contribution in [0.4, 0.5) is 0 Å². The number of rotatable bonds is 1. The summed E-state index contributed by atoms with van der Waals surface area (Å²) in [7, 11) is 0. The molecule has 0 aromatic carbocycles. The van der Waals surface area contributed by atoms with Gasteiger partial charge in [-0.2, -0.15) is 5.26 Å². The molecule has 3 heteroatoms. The van der Waals surface area contributed by atoms with E-state index in [1.807, 2.05) is 0 Å². The maximum Gasteiger partial charge on any atom is 0.165 e. The van der Waals surface area contributed by atoms with E-state index in [-0.39, 0.29) is 0 Å². The highest BCUT2D eigenvalue weighted by Crippen LogP contribution is 1.86. The molecule has 0 heterocycles. The third-order valence-corrected chi connectivity index (χ3v) is 0.589. The second kappa shape index (κ2) is 2.56. The second-order valence-electron chi connectivity index (χ2n) is 1.31. The van der Waals surface area contributed by atoms with Gasteiger partial charge in [-0.25, -0.2) is 0 Å². The van der Waals surface area contributed by atoms with Crippen molar-refractivity contribution >= 4 is 0 Å². The molecule has 0 aromatic heterocycles. The SMILES string of the molecule is C[C@H](O)C(O)C#N. The highest BCUT2D eigenvalue weighted by atomic mass is 16.3. The van der Waals surface area contributed by atoms with Crippen LogP contribution in [0.15, 0.2) is 0 Å². The molecule has 0 amide bonds. The van der Waals surface area contributed by atoms with E-state index in [1.54, 1.807) is 0 Å². The highest BCUT2D eigenvalue weighted by molar-refractivity contribution is 4.85. The normalized spacial score (nSPS) is 17.4. The van der Waals surface area contributed by atoms with Crippen LogP contribution >= 0.6 is 0 Å². The van der Waals surface area contributed by atoms with E-state index in [1.165, 1.54) is 13.0 Å². The van der Waals surface area contributed by atoms with Gasteiger partial charge in [0.1, 0.15) is 0 Å². The molecule has 0 aliphatic carbocycles. The molecule has 0 spiro atoms. The Labute approximate surface area is 41.8 Å². The topological polar surface area (TPSA) is 64.2 Å². The quantitative estimate of drug-likeness (QED) is 0.427. The van der Waals surface area contributed by atoms with Crippen LogP contribution < -0.4 is 0 Å². The van der Waals surface area contributed by atoms with Gasteiger partial charge in [-0.3, -0.25) is 0 Å². The number of nitriles is 1. The van der Waals surface area contributed by atoms with Gasteiger partial charge >= 0.3 is 0 Å². The molecule has 0 aliphatic heterocycles. The lowest BCUT2D eigenvalue weighted by Crippen LogP contribution is -2.19. The lowest BCUT2D eigenvalue weighted by molar-refractivity contribution is 0.0665. The van der Waals surface area contributed by atoms with Gasteiger partial charge in [0.15, 0.2) is 6.10 Å². The molecule has 0 bridgehead atoms. The summed E-state index contributed by atoms with van der Waals surface area (Å²) in [6, 6.07) is 1.47. The Balaban J connectivity index is 3.40. The van der Waals surface area contributed by atoms with Crippen molar-refractivity contribution in [3.05, 3.63) is 0 Å². The van der Waals surface area contributed by atoms with Crippen LogP contribution in [0.1, 0.15) is 6.92 Å². The summed E-state index contributed by atoms with van der Waals surface area (Å²) in [6.45, 7) is 1.36. The van der Waals surface area contributed by atoms with Crippen LogP contribution in [0, 0.1) is 11.3 Å². The molecule has 0 saturated carbocycles. The standard InChI is InChI=1S/C4H7NO2/c1-3(6)4(7)2-5/h3-4,6-7H,1H3/t3-,4?/m0/s1. The fraction of sp³-hybridized carbons (Fsp3) is 0.750. The van der Waals surface area contributed by atoms with Crippen LogP contribution in [0.5, 0.6) is 0 Å². The zero-order valence-corrected chi connectivity index (χ0v) is 4.00. The summed E-state index contributed by atoms with van der Waals surface area (Å²) in [4.78, 5) is 0. The van der Waals surface area contributed by atoms with Crippen LogP contribution in [0.3, 0.4) is 0 Å². The molecule has 0 radical (unpaired) electrons. The zero-order chi connectivity index (χ0) is 5.86. The number of hydrogen-bond acceptors (Lipinski definition) is 3. The molecule has 0 aliphatic rings. The minimum atomic E-state index is -1.24. The van der Waals surface area contributed by atoms with Gasteiger partial charge in [-0.1, -0.05) is 0 Å². The summed E-state index contributed by atoms with van der Waals surface area (Å²) >= 11 is 0. The maximum absolute atomic E-state index is 8.35. The smallest absolute Gasteiger partial charge is 0.165 e. The lowest BCUT2D eigenvalue weighted by Gasteiger charge is -2.00. The lowest BCUT2D eigenvalue weighted by atomic mass is 10.3. The van der Waals surface area contributed by atoms with Crippen molar-refractivity contribution in [1.82, 2.24) is 0 Å². The van der Waals surface area contributed by atoms with E-state index < -0.39 is 12.2 Å². The molecule has 7 heavy (non-hydrogen) atoms. The van der Waals surface area contributed by atoms with E-state index in [4.69, 9.17) is 15.5 Å². The van der Waals surface area contributed by atoms with E-state index in [0.717, 1.165) is 0 Å². The van der Waals surface area contributed by atoms with Gasteiger partial charge in [0.05, 0.1) is 12.2 Å². The third-order valence-electron chi connectivity index (χ3n) is 0.589. The van der Waals surface area contributed by atoms with Crippen LogP contribution in [0.25, 0.3) is 0 Å². The molecule has 0 aromatic rings. The van der Waals surface area contributed by atoms with Crippen LogP contribution in [-0.2, 0) is 0 Å². The fourth-order valence-corrected chi connectivity index (χ4v) is 0.108. The molecular weight excluding hydrogens is 94.0 g/mol. The van der Waals surface area contributed by atoms with Crippen molar-refractivity contribution in [3.63, 3.8) is 0 Å². The van der Waals surface area contributed by atoms with Crippen molar-refractivity contribution in [1.29, 1.82) is 5.26 Å². The van der Waals surface area contributed by atoms with Gasteiger partial charge in [-0.05, 0) is 6.92 Å². The monoisotopic (exact) mass is 101 g/mol. The first-order chi connectivity index (χ1) is 3.18. The average molecular weight is 101 g/mol. The molecule has 2 atom stereocenters. The minimum absolute atomic E-state index is 0.940. The molecule has 2 N–H and O–H groups in total. The Hall–Kier alpha value is -0.590. The Morgan fingerprint density at radius 1 is 1.57 bits per heavy atom. The van der Waals surface area contributed by atoms with Gasteiger partial charge in [0.25, 0.3) is 0 Å². The van der Waals surface area contributed by atoms with Crippen LogP contribution in [-0.4, -0.2) is 22.4 Å². The van der Waals surface area contributed by atoms with Crippen molar-refractivity contribution in [2.75, 3.05) is 0 Å². The van der Waals surface area contributed by atoms with Gasteiger partial charge in [-0.15, -0.1) is 0 Å². The third kappa shape index (κ3) is 2.15. The second-order valence-corrected chi connectivity index (χ2v) is 1.31. The number of aliphatic hydroxyl groups is 2. The Bertz CT molecular complexity index is 84.2. The van der Waals surface area contributed by atoms with Gasteiger partial charge in [0, 0.05) is 0 Å². The molecule has 3 nitrogen and oxygen atoms in total. The molecule has 40 valence electrons. The Morgan fingerprint density at radius 3 is 2.00 bits per heavy atom. The molecule has 0 saturated heterocycles. The molecule has 1 unspecified atom stereocenters. The summed E-state index contributed by atoms with van der Waals surface area (Å²) in [6.07, 6.45) is -2.18. The van der Waals surface area contributed by atoms with E-state index >= 15 is 0 Å². The largest absolute Gasteiger partial charge is 0.390 e. The van der Waals surface area contributed by atoms with E-state index in [9.17, 15) is 0 Å². The van der Waals surface area contributed by atoms with Crippen molar-refractivity contribution in [3.8, 4) is 6.07 Å². The average Bonchev–Trinajstić information content (AvgIpc) is 1.65. The van der Waals surface area contributed by atoms with Crippen molar-refractivity contribution in [2.24, 2.45) is 0 Å². The first-order valence-corrected chi connectivity index (χ1v) is 1.94. The molecule has 0 fully saturated rings. The fourth-order valence-electron chi connectivity index (χ4n) is 0.108. The Kier molecular flexibility index (Phi) is 2.34. The van der Waals surface area contributed by atoms with E-state index in [0.29, 0.717) is 0 Å². The van der Waals surface area contributed by atoms with Gasteiger partial charge < -0.3 is 10.2 Å². The summed E-state index contributed by atoms with van der Waals surface area (Å²) < 4.78 is 0. The van der Waals surface area contributed by atoms with Crippen molar-refractivity contribution in [2.45, 2.75) is 19.1 Å². The van der Waals surface area contributed by atoms with E-state index in [2.05, 4.69) is 0 Å². The number of hydrogen-bond donors (Lipinski definition) is 2. The van der Waals surface area contributed by atoms with Crippen LogP contribution in [0.2, 0.25) is 0 Å². The Morgan fingerprint density at radius 2 is 2.00 bits per heavy atom. The predicted octanol–water partition coefficient (Wildman–Crippen LogP) is -0.748. The first kappa shape index (κ1) is 6.41. The predicted molar refractivity (Wildman–Crippen MR) is 23.3 cm³/mol. The first-order valence-electron chi connectivity index (χ1n) is 1.94. The minimum Gasteiger partial charge on any atom is -0.390 e. The zero-order valence-electron chi connectivity index (χ0n) is 4.00. The number of aliphatic hydroxyl groups excluding tert-OH is 2. The molecular formula is C4H7NO2. The summed E-state index contributed by atoms with van der Waals surface area (Å²) in [5, 5.41) is 24.5. The molecule has 0 rings (SSSR count). The number of nitrogens with zero attached hydrogens (tertiary/aromatic N) is 1. The highest BCUT2D eigenvalue weighted by Gasteiger charge is 2.06. The van der Waals surface area contributed by atoms with Crippen molar-refractivity contribution < 1.29 is 10.2 Å². The maximum atomic E-state index is 8.35. The summed E-state index contributed by atoms with van der Waals surface area (Å²) in [5.41, 5.74) is 0.